The maximum Gasteiger partial charge on any atom is 0.217 e. The van der Waals surface area contributed by atoms with Crippen molar-refractivity contribution in [1.82, 2.24) is 10.2 Å². The van der Waals surface area contributed by atoms with E-state index in [2.05, 4.69) is 21.3 Å². The molecular formula is C21H31ClN4O2. The van der Waals surface area contributed by atoms with Crippen molar-refractivity contribution in [2.75, 3.05) is 39.9 Å². The van der Waals surface area contributed by atoms with Gasteiger partial charge < -0.3 is 20.7 Å². The SMILES string of the molecule is CN=C(NCC1(c2ccccc2Cl)CCOCC1)N1CCCC(CC(N)=O)C1. The lowest BCUT2D eigenvalue weighted by atomic mass is 9.74. The fraction of sp³-hybridized carbons (Fsp3) is 0.619. The molecule has 1 atom stereocenters. The average Bonchev–Trinajstić information content (AvgIpc) is 2.69. The van der Waals surface area contributed by atoms with Gasteiger partial charge in [0, 0.05) is 56.8 Å². The summed E-state index contributed by atoms with van der Waals surface area (Å²) in [5.41, 5.74) is 6.50. The van der Waals surface area contributed by atoms with Gasteiger partial charge in [-0.25, -0.2) is 0 Å². The summed E-state index contributed by atoms with van der Waals surface area (Å²) in [6.07, 6.45) is 4.37. The standard InChI is InChI=1S/C21H31ClN4O2/c1-24-20(26-10-4-5-16(14-26)13-19(23)27)25-15-21(8-11-28-12-9-21)17-6-2-3-7-18(17)22/h2-3,6-7,16H,4-5,8-15H2,1H3,(H2,23,27)(H,24,25). The molecule has 0 aliphatic carbocycles. The van der Waals surface area contributed by atoms with E-state index >= 15 is 0 Å². The molecule has 0 radical (unpaired) electrons. The first-order valence-corrected chi connectivity index (χ1v) is 10.5. The molecule has 2 aliphatic rings. The number of halogens is 1. The van der Waals surface area contributed by atoms with E-state index in [9.17, 15) is 4.79 Å². The molecule has 1 amide bonds. The fourth-order valence-corrected chi connectivity index (χ4v) is 4.82. The maximum absolute atomic E-state index is 11.3. The molecule has 1 unspecified atom stereocenters. The molecule has 0 spiro atoms. The van der Waals surface area contributed by atoms with Crippen LogP contribution in [0.1, 0.15) is 37.7 Å². The molecule has 2 aliphatic heterocycles. The molecule has 0 bridgehead atoms. The van der Waals surface area contributed by atoms with E-state index in [1.165, 1.54) is 5.56 Å². The number of amides is 1. The minimum atomic E-state index is -0.227. The van der Waals surface area contributed by atoms with Crippen LogP contribution >= 0.6 is 11.6 Å². The quantitative estimate of drug-likeness (QED) is 0.581. The molecule has 2 saturated heterocycles. The highest BCUT2D eigenvalue weighted by Crippen LogP contribution is 2.38. The summed E-state index contributed by atoms with van der Waals surface area (Å²) >= 11 is 6.56. The van der Waals surface area contributed by atoms with Gasteiger partial charge >= 0.3 is 0 Å². The topological polar surface area (TPSA) is 80.0 Å². The maximum atomic E-state index is 11.3. The molecule has 2 heterocycles. The number of piperidine rings is 1. The molecule has 2 fully saturated rings. The van der Waals surface area contributed by atoms with E-state index in [1.54, 1.807) is 0 Å². The van der Waals surface area contributed by atoms with Crippen molar-refractivity contribution in [2.24, 2.45) is 16.6 Å². The molecule has 154 valence electrons. The first-order valence-electron chi connectivity index (χ1n) is 10.1. The Labute approximate surface area is 172 Å². The van der Waals surface area contributed by atoms with Gasteiger partial charge in [0.2, 0.25) is 5.91 Å². The lowest BCUT2D eigenvalue weighted by molar-refractivity contribution is -0.119. The van der Waals surface area contributed by atoms with Crippen molar-refractivity contribution >= 4 is 23.5 Å². The van der Waals surface area contributed by atoms with E-state index in [1.807, 2.05) is 25.2 Å². The number of benzene rings is 1. The second kappa shape index (κ2) is 9.61. The number of hydrogen-bond acceptors (Lipinski definition) is 3. The molecule has 3 N–H and O–H groups in total. The number of hydrogen-bond donors (Lipinski definition) is 2. The number of aliphatic imine (C=N–C) groups is 1. The predicted molar refractivity (Wildman–Crippen MR) is 113 cm³/mol. The zero-order chi connectivity index (χ0) is 20.0. The number of rotatable bonds is 5. The smallest absolute Gasteiger partial charge is 0.217 e. The fourth-order valence-electron chi connectivity index (χ4n) is 4.48. The molecule has 0 saturated carbocycles. The molecule has 1 aromatic rings. The van der Waals surface area contributed by atoms with Crippen molar-refractivity contribution in [3.05, 3.63) is 34.9 Å². The van der Waals surface area contributed by atoms with Crippen LogP contribution < -0.4 is 11.1 Å². The minimum Gasteiger partial charge on any atom is -0.381 e. The zero-order valence-corrected chi connectivity index (χ0v) is 17.4. The third-order valence-corrected chi connectivity index (χ3v) is 6.33. The number of nitrogens with one attached hydrogen (secondary N) is 1. The van der Waals surface area contributed by atoms with Crippen LogP contribution in [-0.2, 0) is 14.9 Å². The third kappa shape index (κ3) is 4.97. The highest BCUT2D eigenvalue weighted by Gasteiger charge is 2.36. The highest BCUT2D eigenvalue weighted by atomic mass is 35.5. The van der Waals surface area contributed by atoms with Gasteiger partial charge in [0.05, 0.1) is 0 Å². The second-order valence-corrected chi connectivity index (χ2v) is 8.31. The number of primary amides is 1. The van der Waals surface area contributed by atoms with E-state index < -0.39 is 0 Å². The van der Waals surface area contributed by atoms with Gasteiger partial charge in [-0.1, -0.05) is 29.8 Å². The van der Waals surface area contributed by atoms with Crippen LogP contribution in [0.3, 0.4) is 0 Å². The van der Waals surface area contributed by atoms with Crippen LogP contribution in [0.2, 0.25) is 5.02 Å². The van der Waals surface area contributed by atoms with Crippen molar-refractivity contribution < 1.29 is 9.53 Å². The van der Waals surface area contributed by atoms with E-state index in [-0.39, 0.29) is 11.3 Å². The number of nitrogens with two attached hydrogens (primary N) is 1. The highest BCUT2D eigenvalue weighted by molar-refractivity contribution is 6.31. The summed E-state index contributed by atoms with van der Waals surface area (Å²) in [7, 11) is 1.81. The molecule has 0 aromatic heterocycles. The van der Waals surface area contributed by atoms with E-state index in [0.717, 1.165) is 69.5 Å². The molecule has 7 heteroatoms. The Hall–Kier alpha value is -1.79. The van der Waals surface area contributed by atoms with Crippen molar-refractivity contribution in [2.45, 2.75) is 37.5 Å². The van der Waals surface area contributed by atoms with Gasteiger partial charge in [0.1, 0.15) is 0 Å². The van der Waals surface area contributed by atoms with Crippen LogP contribution in [0.5, 0.6) is 0 Å². The van der Waals surface area contributed by atoms with Gasteiger partial charge in [-0.2, -0.15) is 0 Å². The number of ether oxygens (including phenoxy) is 1. The Kier molecular flexibility index (Phi) is 7.18. The predicted octanol–water partition coefficient (Wildman–Crippen LogP) is 2.55. The monoisotopic (exact) mass is 406 g/mol. The van der Waals surface area contributed by atoms with Gasteiger partial charge in [-0.3, -0.25) is 9.79 Å². The second-order valence-electron chi connectivity index (χ2n) is 7.90. The Bertz CT molecular complexity index is 703. The van der Waals surface area contributed by atoms with Crippen LogP contribution in [0.4, 0.5) is 0 Å². The number of nitrogens with zero attached hydrogens (tertiary/aromatic N) is 2. The van der Waals surface area contributed by atoms with Crippen LogP contribution in [-0.4, -0.2) is 56.7 Å². The zero-order valence-electron chi connectivity index (χ0n) is 16.6. The first kappa shape index (κ1) is 20.9. The van der Waals surface area contributed by atoms with Crippen LogP contribution in [0.15, 0.2) is 29.3 Å². The average molecular weight is 407 g/mol. The van der Waals surface area contributed by atoms with E-state index in [0.29, 0.717) is 12.3 Å². The van der Waals surface area contributed by atoms with Crippen molar-refractivity contribution in [3.8, 4) is 0 Å². The summed E-state index contributed by atoms with van der Waals surface area (Å²) in [5.74, 6) is 0.951. The van der Waals surface area contributed by atoms with E-state index in [4.69, 9.17) is 22.1 Å². The Balaban J connectivity index is 1.71. The number of likely N-dealkylation sites (tertiary alicyclic amines) is 1. The summed E-state index contributed by atoms with van der Waals surface area (Å²) < 4.78 is 5.63. The molecule has 1 aromatic carbocycles. The van der Waals surface area contributed by atoms with Crippen molar-refractivity contribution in [1.29, 1.82) is 0 Å². The summed E-state index contributed by atoms with van der Waals surface area (Å²) in [6, 6.07) is 8.11. The summed E-state index contributed by atoms with van der Waals surface area (Å²) in [6.45, 7) is 3.97. The lowest BCUT2D eigenvalue weighted by Gasteiger charge is -2.40. The Morgan fingerprint density at radius 2 is 2.14 bits per heavy atom. The first-order chi connectivity index (χ1) is 13.5. The third-order valence-electron chi connectivity index (χ3n) is 6.00. The van der Waals surface area contributed by atoms with Crippen LogP contribution in [0.25, 0.3) is 0 Å². The minimum absolute atomic E-state index is 0.0745. The molecule has 3 rings (SSSR count). The molecular weight excluding hydrogens is 376 g/mol. The van der Waals surface area contributed by atoms with Gasteiger partial charge in [-0.15, -0.1) is 0 Å². The van der Waals surface area contributed by atoms with Crippen LogP contribution in [0, 0.1) is 5.92 Å². The molecule has 28 heavy (non-hydrogen) atoms. The lowest BCUT2D eigenvalue weighted by Crippen LogP contribution is -2.51. The Morgan fingerprint density at radius 3 is 2.82 bits per heavy atom. The number of carbonyl (C=O) groups is 1. The number of guanidine groups is 1. The largest absolute Gasteiger partial charge is 0.381 e. The van der Waals surface area contributed by atoms with Gasteiger partial charge in [0.15, 0.2) is 5.96 Å². The van der Waals surface area contributed by atoms with Gasteiger partial charge in [-0.05, 0) is 43.2 Å². The summed E-state index contributed by atoms with van der Waals surface area (Å²) in [5, 5.41) is 4.40. The molecule has 6 nitrogen and oxygen atoms in total. The van der Waals surface area contributed by atoms with Crippen molar-refractivity contribution in [3.63, 3.8) is 0 Å². The normalized spacial score (nSPS) is 22.7. The number of carbonyl (C=O) groups excluding carboxylic acids is 1. The Morgan fingerprint density at radius 1 is 1.39 bits per heavy atom. The van der Waals surface area contributed by atoms with Gasteiger partial charge in [0.25, 0.3) is 0 Å². The summed E-state index contributed by atoms with van der Waals surface area (Å²) in [4.78, 5) is 18.1.